The Morgan fingerprint density at radius 2 is 2.10 bits per heavy atom. The third-order valence-electron chi connectivity index (χ3n) is 3.96. The maximum absolute atomic E-state index is 13.6. The molecule has 2 saturated heterocycles. The van der Waals surface area contributed by atoms with Crippen LogP contribution in [0, 0.1) is 11.6 Å². The predicted molar refractivity (Wildman–Crippen MR) is 68.2 cm³/mol. The zero-order chi connectivity index (χ0) is 15.1. The van der Waals surface area contributed by atoms with Gasteiger partial charge < -0.3 is 10.0 Å². The van der Waals surface area contributed by atoms with Crippen molar-refractivity contribution in [3.8, 4) is 0 Å². The second-order valence-electron chi connectivity index (χ2n) is 5.26. The summed E-state index contributed by atoms with van der Waals surface area (Å²) in [6.07, 6.45) is 0.0197. The zero-order valence-electron chi connectivity index (χ0n) is 11.1. The Hall–Kier alpha value is -2.02. The fourth-order valence-corrected chi connectivity index (χ4v) is 2.89. The van der Waals surface area contributed by atoms with Crippen LogP contribution < -0.4 is 0 Å². The molecule has 1 aromatic rings. The van der Waals surface area contributed by atoms with Crippen LogP contribution in [0.3, 0.4) is 0 Å². The molecule has 3 amide bonds. The van der Waals surface area contributed by atoms with Crippen molar-refractivity contribution in [1.29, 1.82) is 0 Å². The number of benzene rings is 1. The van der Waals surface area contributed by atoms with Gasteiger partial charge in [0, 0.05) is 18.2 Å². The van der Waals surface area contributed by atoms with Gasteiger partial charge in [-0.3, -0.25) is 9.69 Å². The summed E-state index contributed by atoms with van der Waals surface area (Å²) in [5.74, 6) is -2.02. The number of nitrogens with zero attached hydrogens (tertiary/aromatic N) is 2. The fourth-order valence-electron chi connectivity index (χ4n) is 2.89. The van der Waals surface area contributed by atoms with Crippen LogP contribution in [0.2, 0.25) is 0 Å². The Kier molecular flexibility index (Phi) is 3.36. The van der Waals surface area contributed by atoms with Crippen molar-refractivity contribution in [3.05, 3.63) is 35.4 Å². The molecule has 0 spiro atoms. The van der Waals surface area contributed by atoms with Crippen molar-refractivity contribution in [2.45, 2.75) is 25.0 Å². The highest BCUT2D eigenvalue weighted by atomic mass is 19.1. The molecule has 2 fully saturated rings. The van der Waals surface area contributed by atoms with E-state index in [1.54, 1.807) is 0 Å². The lowest BCUT2D eigenvalue weighted by Gasteiger charge is -2.19. The molecule has 1 N–H and O–H groups in total. The van der Waals surface area contributed by atoms with Crippen LogP contribution in [0.1, 0.15) is 24.5 Å². The number of amides is 3. The molecule has 0 aromatic heterocycles. The molecule has 21 heavy (non-hydrogen) atoms. The maximum atomic E-state index is 13.6. The van der Waals surface area contributed by atoms with Crippen LogP contribution in [-0.2, 0) is 4.79 Å². The van der Waals surface area contributed by atoms with Crippen LogP contribution in [0.4, 0.5) is 13.6 Å². The molecular formula is C14H14F2N2O3. The second kappa shape index (κ2) is 5.07. The number of hydrogen-bond donors (Lipinski definition) is 1. The Balaban J connectivity index is 1.77. The van der Waals surface area contributed by atoms with Crippen molar-refractivity contribution < 1.29 is 23.5 Å². The molecular weight excluding hydrogens is 282 g/mol. The number of fused-ring (bicyclic) bond motifs is 1. The van der Waals surface area contributed by atoms with E-state index in [1.807, 2.05) is 0 Å². The highest BCUT2D eigenvalue weighted by molar-refractivity contribution is 6.04. The molecule has 5 nitrogen and oxygen atoms in total. The van der Waals surface area contributed by atoms with Crippen LogP contribution >= 0.6 is 0 Å². The number of hydrogen-bond acceptors (Lipinski definition) is 3. The number of rotatable bonds is 3. The molecule has 1 aromatic carbocycles. The zero-order valence-corrected chi connectivity index (χ0v) is 11.1. The van der Waals surface area contributed by atoms with E-state index in [4.69, 9.17) is 0 Å². The third kappa shape index (κ3) is 2.27. The Bertz CT molecular complexity index is 586. The molecule has 2 aliphatic heterocycles. The minimum absolute atomic E-state index is 0.135. The van der Waals surface area contributed by atoms with Crippen LogP contribution in [0.5, 0.6) is 0 Å². The van der Waals surface area contributed by atoms with Gasteiger partial charge >= 0.3 is 6.03 Å². The molecule has 112 valence electrons. The highest BCUT2D eigenvalue weighted by Gasteiger charge is 2.47. The van der Waals surface area contributed by atoms with E-state index < -0.39 is 29.8 Å². The first-order chi connectivity index (χ1) is 9.99. The number of aliphatic hydroxyl groups is 1. The summed E-state index contributed by atoms with van der Waals surface area (Å²) in [5.41, 5.74) is -0.135. The van der Waals surface area contributed by atoms with E-state index in [1.165, 1.54) is 4.90 Å². The highest BCUT2D eigenvalue weighted by Crippen LogP contribution is 2.29. The standard InChI is InChI=1S/C14H14F2N2O3/c15-8-3-4-9(10(16)6-8)12(19)7-18-13(20)11-2-1-5-17(11)14(18)21/h3-4,6,11-12,19H,1-2,5,7H2/t11-,12-/m0/s1. The lowest BCUT2D eigenvalue weighted by atomic mass is 10.1. The lowest BCUT2D eigenvalue weighted by molar-refractivity contribution is -0.129. The normalized spacial score (nSPS) is 22.9. The van der Waals surface area contributed by atoms with Gasteiger partial charge in [0.05, 0.1) is 12.6 Å². The predicted octanol–water partition coefficient (Wildman–Crippen LogP) is 1.42. The second-order valence-corrected chi connectivity index (χ2v) is 5.26. The van der Waals surface area contributed by atoms with Gasteiger partial charge in [0.2, 0.25) is 0 Å². The number of carbonyl (C=O) groups excluding carboxylic acids is 2. The molecule has 2 atom stereocenters. The molecule has 2 aliphatic rings. The first-order valence-electron chi connectivity index (χ1n) is 6.74. The molecule has 2 heterocycles. The average molecular weight is 296 g/mol. The van der Waals surface area contributed by atoms with Crippen molar-refractivity contribution in [2.75, 3.05) is 13.1 Å². The topological polar surface area (TPSA) is 60.9 Å². The van der Waals surface area contributed by atoms with Crippen LogP contribution in [0.25, 0.3) is 0 Å². The maximum Gasteiger partial charge on any atom is 0.327 e. The number of halogens is 2. The number of urea groups is 1. The van der Waals surface area contributed by atoms with Gasteiger partial charge in [-0.25, -0.2) is 13.6 Å². The first kappa shape index (κ1) is 13.9. The van der Waals surface area contributed by atoms with E-state index in [-0.39, 0.29) is 18.0 Å². The largest absolute Gasteiger partial charge is 0.386 e. The van der Waals surface area contributed by atoms with Gasteiger partial charge in [0.25, 0.3) is 5.91 Å². The number of aliphatic hydroxyl groups excluding tert-OH is 1. The van der Waals surface area contributed by atoms with E-state index in [9.17, 15) is 23.5 Å². The molecule has 0 unspecified atom stereocenters. The van der Waals surface area contributed by atoms with Gasteiger partial charge in [0.1, 0.15) is 17.7 Å². The van der Waals surface area contributed by atoms with Crippen LogP contribution in [-0.4, -0.2) is 46.0 Å². The number of β-amino-alcohol motifs (C(OH)–C–C–N with tert-alkyl or cyclic N) is 1. The summed E-state index contributed by atoms with van der Waals surface area (Å²) in [5, 5.41) is 10.0. The van der Waals surface area contributed by atoms with Gasteiger partial charge in [-0.1, -0.05) is 6.07 Å². The molecule has 0 aliphatic carbocycles. The van der Waals surface area contributed by atoms with E-state index in [0.29, 0.717) is 19.0 Å². The lowest BCUT2D eigenvalue weighted by Crippen LogP contribution is -2.36. The summed E-state index contributed by atoms with van der Waals surface area (Å²) in [6, 6.07) is 1.88. The molecule has 3 rings (SSSR count). The third-order valence-corrected chi connectivity index (χ3v) is 3.96. The molecule has 0 saturated carbocycles. The Morgan fingerprint density at radius 1 is 1.33 bits per heavy atom. The quantitative estimate of drug-likeness (QED) is 0.858. The summed E-state index contributed by atoms with van der Waals surface area (Å²) in [6.45, 7) is 0.194. The van der Waals surface area contributed by atoms with Crippen LogP contribution in [0.15, 0.2) is 18.2 Å². The summed E-state index contributed by atoms with van der Waals surface area (Å²) in [7, 11) is 0. The first-order valence-corrected chi connectivity index (χ1v) is 6.74. The number of imide groups is 1. The Morgan fingerprint density at radius 3 is 2.76 bits per heavy atom. The van der Waals surface area contributed by atoms with Gasteiger partial charge in [-0.15, -0.1) is 0 Å². The SMILES string of the molecule is O=C1[C@@H]2CCCN2C(=O)N1C[C@H](O)c1ccc(F)cc1F. The molecule has 0 bridgehead atoms. The van der Waals surface area contributed by atoms with E-state index in [2.05, 4.69) is 0 Å². The van der Waals surface area contributed by atoms with E-state index in [0.717, 1.165) is 23.5 Å². The van der Waals surface area contributed by atoms with E-state index >= 15 is 0 Å². The van der Waals surface area contributed by atoms with Crippen molar-refractivity contribution in [3.63, 3.8) is 0 Å². The van der Waals surface area contributed by atoms with Crippen molar-refractivity contribution in [1.82, 2.24) is 9.80 Å². The summed E-state index contributed by atoms with van der Waals surface area (Å²) in [4.78, 5) is 26.6. The van der Waals surface area contributed by atoms with Crippen molar-refractivity contribution in [2.24, 2.45) is 0 Å². The molecule has 7 heteroatoms. The van der Waals surface area contributed by atoms with Crippen molar-refractivity contribution >= 4 is 11.9 Å². The fraction of sp³-hybridized carbons (Fsp3) is 0.429. The summed E-state index contributed by atoms with van der Waals surface area (Å²) >= 11 is 0. The number of carbonyl (C=O) groups is 2. The van der Waals surface area contributed by atoms with Gasteiger partial charge in [0.15, 0.2) is 0 Å². The molecule has 0 radical (unpaired) electrons. The minimum atomic E-state index is -1.38. The van der Waals surface area contributed by atoms with Gasteiger partial charge in [-0.2, -0.15) is 0 Å². The monoisotopic (exact) mass is 296 g/mol. The smallest absolute Gasteiger partial charge is 0.327 e. The minimum Gasteiger partial charge on any atom is -0.386 e. The average Bonchev–Trinajstić information content (AvgIpc) is 2.99. The Labute approximate surface area is 119 Å². The summed E-state index contributed by atoms with van der Waals surface area (Å²) < 4.78 is 26.4. The van der Waals surface area contributed by atoms with Gasteiger partial charge in [-0.05, 0) is 18.9 Å².